The van der Waals surface area contributed by atoms with Crippen LogP contribution in [0.1, 0.15) is 12.1 Å². The summed E-state index contributed by atoms with van der Waals surface area (Å²) in [6, 6.07) is 9.10. The van der Waals surface area contributed by atoms with E-state index in [0.717, 1.165) is 16.9 Å². The number of hydrogen-bond donors (Lipinski definition) is 1. The number of nitrogens with zero attached hydrogens (tertiary/aromatic N) is 1. The second kappa shape index (κ2) is 8.70. The number of carbonyl (C=O) groups is 1. The topological polar surface area (TPSA) is 85.4 Å². The lowest BCUT2D eigenvalue weighted by Crippen LogP contribution is -2.26. The van der Waals surface area contributed by atoms with Crippen LogP contribution in [-0.2, 0) is 26.2 Å². The van der Waals surface area contributed by atoms with E-state index >= 15 is 0 Å². The predicted molar refractivity (Wildman–Crippen MR) is 101 cm³/mol. The number of halogens is 1. The molecule has 2 heterocycles. The van der Waals surface area contributed by atoms with Crippen molar-refractivity contribution in [2.75, 3.05) is 6.54 Å². The largest absolute Gasteiger partial charge is 0.459 e. The first-order valence-electron chi connectivity index (χ1n) is 7.83. The third kappa shape index (κ3) is 5.42. The number of sulfonamides is 1. The summed E-state index contributed by atoms with van der Waals surface area (Å²) in [4.78, 5) is 16.1. The molecule has 142 valence electrons. The molecule has 0 amide bonds. The number of aromatic nitrogens is 1. The Morgan fingerprint density at radius 2 is 1.96 bits per heavy atom. The van der Waals surface area contributed by atoms with Crippen molar-refractivity contribution in [1.82, 2.24) is 9.71 Å². The molecule has 1 aromatic carbocycles. The maximum Gasteiger partial charge on any atom is 0.307 e. The van der Waals surface area contributed by atoms with Gasteiger partial charge in [0.1, 0.15) is 21.6 Å². The third-order valence-corrected chi connectivity index (χ3v) is 7.20. The second-order valence-corrected chi connectivity index (χ2v) is 9.19. The summed E-state index contributed by atoms with van der Waals surface area (Å²) in [6.45, 7) is -0.0504. The molecule has 27 heavy (non-hydrogen) atoms. The lowest BCUT2D eigenvalue weighted by molar-refractivity contribution is -0.144. The van der Waals surface area contributed by atoms with E-state index in [1.165, 1.54) is 29.5 Å². The van der Waals surface area contributed by atoms with Gasteiger partial charge in [-0.1, -0.05) is 6.07 Å². The Labute approximate surface area is 163 Å². The van der Waals surface area contributed by atoms with Gasteiger partial charge in [-0.25, -0.2) is 22.5 Å². The highest BCUT2D eigenvalue weighted by Gasteiger charge is 2.15. The number of nitrogens with one attached hydrogen (secondary N) is 1. The van der Waals surface area contributed by atoms with Crippen LogP contribution in [0.3, 0.4) is 0 Å². The van der Waals surface area contributed by atoms with Gasteiger partial charge >= 0.3 is 5.97 Å². The highest BCUT2D eigenvalue weighted by molar-refractivity contribution is 7.91. The number of thiazole rings is 1. The van der Waals surface area contributed by atoms with E-state index in [4.69, 9.17) is 4.74 Å². The summed E-state index contributed by atoms with van der Waals surface area (Å²) in [5.41, 5.74) is 1.36. The Morgan fingerprint density at radius 3 is 2.67 bits per heavy atom. The van der Waals surface area contributed by atoms with Gasteiger partial charge in [0, 0.05) is 17.5 Å². The fourth-order valence-electron chi connectivity index (χ4n) is 2.10. The quantitative estimate of drug-likeness (QED) is 0.558. The molecule has 0 saturated heterocycles. The molecule has 6 nitrogen and oxygen atoms in total. The van der Waals surface area contributed by atoms with E-state index in [2.05, 4.69) is 9.71 Å². The van der Waals surface area contributed by atoms with Crippen molar-refractivity contribution in [2.45, 2.75) is 17.2 Å². The molecule has 0 spiro atoms. The van der Waals surface area contributed by atoms with Crippen molar-refractivity contribution in [2.24, 2.45) is 0 Å². The summed E-state index contributed by atoms with van der Waals surface area (Å²) in [7, 11) is -3.59. The monoisotopic (exact) mass is 426 g/mol. The van der Waals surface area contributed by atoms with Crippen molar-refractivity contribution in [1.29, 1.82) is 0 Å². The molecule has 0 fully saturated rings. The molecule has 2 aromatic heterocycles. The maximum atomic E-state index is 13.0. The lowest BCUT2D eigenvalue weighted by atomic mass is 10.2. The van der Waals surface area contributed by atoms with Gasteiger partial charge in [-0.3, -0.25) is 4.79 Å². The molecule has 0 atom stereocenters. The van der Waals surface area contributed by atoms with Crippen LogP contribution in [-0.4, -0.2) is 25.9 Å². The summed E-state index contributed by atoms with van der Waals surface area (Å²) >= 11 is 2.47. The number of thiophene rings is 1. The normalized spacial score (nSPS) is 11.4. The Balaban J connectivity index is 1.45. The van der Waals surface area contributed by atoms with E-state index in [1.54, 1.807) is 29.0 Å². The zero-order chi connectivity index (χ0) is 19.3. The summed E-state index contributed by atoms with van der Waals surface area (Å²) in [5, 5.41) is 4.12. The van der Waals surface area contributed by atoms with Crippen molar-refractivity contribution in [3.63, 3.8) is 0 Å². The molecule has 0 bridgehead atoms. The van der Waals surface area contributed by atoms with Gasteiger partial charge in [0.2, 0.25) is 10.0 Å². The smallest absolute Gasteiger partial charge is 0.307 e. The van der Waals surface area contributed by atoms with Gasteiger partial charge in [0.05, 0.1) is 12.1 Å². The summed E-state index contributed by atoms with van der Waals surface area (Å²) in [6.07, 6.45) is -0.0838. The zero-order valence-electron chi connectivity index (χ0n) is 13.9. The minimum absolute atomic E-state index is 0.00575. The van der Waals surface area contributed by atoms with E-state index in [1.807, 2.05) is 0 Å². The van der Waals surface area contributed by atoms with Gasteiger partial charge in [0.25, 0.3) is 0 Å². The molecule has 10 heteroatoms. The van der Waals surface area contributed by atoms with E-state index in [9.17, 15) is 17.6 Å². The highest BCUT2D eigenvalue weighted by atomic mass is 32.2. The van der Waals surface area contributed by atoms with Crippen molar-refractivity contribution in [3.8, 4) is 10.6 Å². The third-order valence-electron chi connectivity index (χ3n) is 3.41. The molecule has 0 aliphatic rings. The predicted octanol–water partition coefficient (Wildman–Crippen LogP) is 3.42. The van der Waals surface area contributed by atoms with Crippen LogP contribution in [0.15, 0.2) is 51.4 Å². The number of benzene rings is 1. The van der Waals surface area contributed by atoms with E-state index in [0.29, 0.717) is 10.7 Å². The number of hydrogen-bond acceptors (Lipinski definition) is 7. The fraction of sp³-hybridized carbons (Fsp3) is 0.176. The van der Waals surface area contributed by atoms with Gasteiger partial charge in [-0.15, -0.1) is 22.7 Å². The summed E-state index contributed by atoms with van der Waals surface area (Å²) in [5.74, 6) is -0.848. The zero-order valence-corrected chi connectivity index (χ0v) is 16.4. The first-order valence-corrected chi connectivity index (χ1v) is 11.1. The van der Waals surface area contributed by atoms with Gasteiger partial charge in [-0.2, -0.15) is 0 Å². The van der Waals surface area contributed by atoms with E-state index in [-0.39, 0.29) is 29.6 Å². The lowest BCUT2D eigenvalue weighted by Gasteiger charge is -2.05. The fourth-order valence-corrected chi connectivity index (χ4v) is 4.98. The molecule has 0 aliphatic carbocycles. The minimum atomic E-state index is -3.59. The van der Waals surface area contributed by atoms with Crippen molar-refractivity contribution in [3.05, 3.63) is 58.7 Å². The molecular formula is C17H15FN2O4S3. The highest BCUT2D eigenvalue weighted by Crippen LogP contribution is 2.24. The van der Waals surface area contributed by atoms with Crippen LogP contribution >= 0.6 is 22.7 Å². The molecule has 3 aromatic rings. The molecule has 3 rings (SSSR count). The molecule has 0 aliphatic heterocycles. The summed E-state index contributed by atoms with van der Waals surface area (Å²) < 4.78 is 44.5. The molecule has 0 saturated carbocycles. The van der Waals surface area contributed by atoms with E-state index < -0.39 is 16.0 Å². The minimum Gasteiger partial charge on any atom is -0.459 e. The number of esters is 1. The van der Waals surface area contributed by atoms with Crippen LogP contribution < -0.4 is 4.72 Å². The van der Waals surface area contributed by atoms with Crippen molar-refractivity contribution >= 4 is 38.7 Å². The van der Waals surface area contributed by atoms with Crippen LogP contribution in [0, 0.1) is 5.82 Å². The Kier molecular flexibility index (Phi) is 6.32. The molecular weight excluding hydrogens is 411 g/mol. The second-order valence-electron chi connectivity index (χ2n) is 5.39. The first-order chi connectivity index (χ1) is 12.9. The Morgan fingerprint density at radius 1 is 1.19 bits per heavy atom. The van der Waals surface area contributed by atoms with Crippen LogP contribution in [0.5, 0.6) is 0 Å². The Hall–Kier alpha value is -2.14. The molecule has 1 N–H and O–H groups in total. The van der Waals surface area contributed by atoms with Crippen molar-refractivity contribution < 1.29 is 22.3 Å². The maximum absolute atomic E-state index is 13.0. The SMILES string of the molecule is O=C(CCNS(=O)(=O)c1cccs1)OCc1csc(-c2ccc(F)cc2)n1. The van der Waals surface area contributed by atoms with Crippen LogP contribution in [0.2, 0.25) is 0 Å². The first kappa shape index (κ1) is 19.6. The van der Waals surface area contributed by atoms with Gasteiger partial charge in [0.15, 0.2) is 0 Å². The molecule has 0 radical (unpaired) electrons. The van der Waals surface area contributed by atoms with Crippen LogP contribution in [0.25, 0.3) is 10.6 Å². The van der Waals surface area contributed by atoms with Gasteiger partial charge < -0.3 is 4.74 Å². The molecule has 0 unspecified atom stereocenters. The number of rotatable bonds is 8. The Bertz CT molecular complexity index is 999. The average molecular weight is 427 g/mol. The number of carbonyl (C=O) groups excluding carboxylic acids is 1. The van der Waals surface area contributed by atoms with Gasteiger partial charge in [-0.05, 0) is 35.7 Å². The average Bonchev–Trinajstić information content (AvgIpc) is 3.33. The standard InChI is InChI=1S/C17H15FN2O4S3/c18-13-5-3-12(4-6-13)17-20-14(11-26-17)10-24-15(21)7-8-19-27(22,23)16-2-1-9-25-16/h1-6,9,11,19H,7-8,10H2. The van der Waals surface area contributed by atoms with Crippen LogP contribution in [0.4, 0.5) is 4.39 Å². The number of ether oxygens (including phenoxy) is 1.